The van der Waals surface area contributed by atoms with Gasteiger partial charge in [-0.3, -0.25) is 0 Å². The van der Waals surface area contributed by atoms with Gasteiger partial charge in [-0.25, -0.2) is 9.38 Å². The van der Waals surface area contributed by atoms with Crippen LogP contribution >= 0.6 is 24.0 Å². The zero-order valence-corrected chi connectivity index (χ0v) is 21.4. The molecule has 0 bridgehead atoms. The number of rotatable bonds is 8. The van der Waals surface area contributed by atoms with Crippen LogP contribution in [-0.4, -0.2) is 52.5 Å². The maximum atomic E-state index is 14.6. The molecule has 0 atom stereocenters. The summed E-state index contributed by atoms with van der Waals surface area (Å²) in [6, 6.07) is 11.6. The Bertz CT molecular complexity index is 888. The number of guanidine groups is 1. The van der Waals surface area contributed by atoms with Crippen LogP contribution in [0, 0.1) is 12.7 Å². The first kappa shape index (κ1) is 26.2. The summed E-state index contributed by atoms with van der Waals surface area (Å²) in [7, 11) is 1.69. The molecule has 0 aliphatic carbocycles. The van der Waals surface area contributed by atoms with Crippen molar-refractivity contribution in [1.82, 2.24) is 10.6 Å². The molecule has 2 N–H and O–H groups in total. The van der Waals surface area contributed by atoms with Gasteiger partial charge in [-0.2, -0.15) is 0 Å². The van der Waals surface area contributed by atoms with E-state index >= 15 is 0 Å². The summed E-state index contributed by atoms with van der Waals surface area (Å²) in [5.74, 6) is 1.40. The zero-order valence-electron chi connectivity index (χ0n) is 19.1. The number of morpholine rings is 1. The number of anilines is 1. The van der Waals surface area contributed by atoms with Gasteiger partial charge in [-0.1, -0.05) is 23.8 Å². The molecule has 0 unspecified atom stereocenters. The predicted octanol–water partition coefficient (Wildman–Crippen LogP) is 3.90. The lowest BCUT2D eigenvalue weighted by Crippen LogP contribution is -2.38. The number of hydrogen-bond acceptors (Lipinski definition) is 4. The molecule has 0 radical (unpaired) electrons. The number of ether oxygens (including phenoxy) is 2. The largest absolute Gasteiger partial charge is 0.496 e. The Labute approximate surface area is 207 Å². The van der Waals surface area contributed by atoms with Crippen molar-refractivity contribution in [3.8, 4) is 5.75 Å². The second-order valence-electron chi connectivity index (χ2n) is 7.57. The van der Waals surface area contributed by atoms with Crippen LogP contribution in [0.1, 0.15) is 23.6 Å². The number of nitrogens with zero attached hydrogens (tertiary/aromatic N) is 2. The van der Waals surface area contributed by atoms with E-state index in [1.165, 1.54) is 5.56 Å². The van der Waals surface area contributed by atoms with Crippen LogP contribution in [0.5, 0.6) is 5.75 Å². The third-order valence-electron chi connectivity index (χ3n) is 5.25. The topological polar surface area (TPSA) is 58.1 Å². The second-order valence-corrected chi connectivity index (χ2v) is 7.57. The number of nitrogens with one attached hydrogen (secondary N) is 2. The van der Waals surface area contributed by atoms with Gasteiger partial charge in [0, 0.05) is 26.2 Å². The third kappa shape index (κ3) is 7.51. The minimum absolute atomic E-state index is 0. The number of halogens is 2. The Balaban J connectivity index is 0.00000363. The van der Waals surface area contributed by atoms with E-state index in [9.17, 15) is 4.39 Å². The van der Waals surface area contributed by atoms with E-state index in [-0.39, 0.29) is 29.8 Å². The predicted molar refractivity (Wildman–Crippen MR) is 139 cm³/mol. The molecule has 176 valence electrons. The summed E-state index contributed by atoms with van der Waals surface area (Å²) < 4.78 is 25.4. The highest BCUT2D eigenvalue weighted by molar-refractivity contribution is 14.0. The fourth-order valence-electron chi connectivity index (χ4n) is 3.64. The molecule has 2 aromatic rings. The highest BCUT2D eigenvalue weighted by Crippen LogP contribution is 2.22. The molecular formula is C24H34FIN4O2. The standard InChI is InChI=1S/C24H33FN4O2.HI/c1-4-26-24(27-10-9-20-15-18(2)5-8-23(20)30-3)28-17-19-6-7-22(21(25)16-19)29-11-13-31-14-12-29;/h5-8,15-16H,4,9-14,17H2,1-3H3,(H2,26,27,28);1H. The third-order valence-corrected chi connectivity index (χ3v) is 5.25. The van der Waals surface area contributed by atoms with Crippen LogP contribution in [0.15, 0.2) is 41.4 Å². The lowest BCUT2D eigenvalue weighted by Gasteiger charge is -2.29. The van der Waals surface area contributed by atoms with Crippen molar-refractivity contribution in [2.24, 2.45) is 4.99 Å². The molecule has 1 aliphatic heterocycles. The van der Waals surface area contributed by atoms with Crippen LogP contribution < -0.4 is 20.3 Å². The van der Waals surface area contributed by atoms with Crippen molar-refractivity contribution >= 4 is 35.6 Å². The molecular weight excluding hydrogens is 522 g/mol. The van der Waals surface area contributed by atoms with Gasteiger partial charge in [0.25, 0.3) is 0 Å². The van der Waals surface area contributed by atoms with Gasteiger partial charge in [0.2, 0.25) is 0 Å². The molecule has 0 saturated carbocycles. The summed E-state index contributed by atoms with van der Waals surface area (Å²) >= 11 is 0. The van der Waals surface area contributed by atoms with Crippen LogP contribution in [0.2, 0.25) is 0 Å². The van der Waals surface area contributed by atoms with Crippen LogP contribution in [0.25, 0.3) is 0 Å². The van der Waals surface area contributed by atoms with Crippen molar-refractivity contribution < 1.29 is 13.9 Å². The van der Waals surface area contributed by atoms with E-state index < -0.39 is 0 Å². The molecule has 1 saturated heterocycles. The van der Waals surface area contributed by atoms with E-state index in [0.717, 1.165) is 36.4 Å². The molecule has 1 heterocycles. The summed E-state index contributed by atoms with van der Waals surface area (Å²) in [5, 5.41) is 6.60. The van der Waals surface area contributed by atoms with Gasteiger partial charge >= 0.3 is 0 Å². The van der Waals surface area contributed by atoms with E-state index in [0.29, 0.717) is 44.5 Å². The first-order chi connectivity index (χ1) is 15.1. The van der Waals surface area contributed by atoms with Crippen molar-refractivity contribution in [3.05, 3.63) is 58.9 Å². The molecule has 2 aromatic carbocycles. The molecule has 0 spiro atoms. The minimum Gasteiger partial charge on any atom is -0.496 e. The summed E-state index contributed by atoms with van der Waals surface area (Å²) in [6.07, 6.45) is 0.818. The number of aryl methyl sites for hydroxylation is 1. The molecule has 3 rings (SSSR count). The highest BCUT2D eigenvalue weighted by atomic mass is 127. The smallest absolute Gasteiger partial charge is 0.191 e. The molecule has 0 amide bonds. The monoisotopic (exact) mass is 556 g/mol. The van der Waals surface area contributed by atoms with Crippen molar-refractivity contribution in [1.29, 1.82) is 0 Å². The van der Waals surface area contributed by atoms with E-state index in [1.54, 1.807) is 13.2 Å². The number of aliphatic imine (C=N–C) groups is 1. The number of methoxy groups -OCH3 is 1. The van der Waals surface area contributed by atoms with Crippen LogP contribution in [-0.2, 0) is 17.7 Å². The van der Waals surface area contributed by atoms with Crippen molar-refractivity contribution in [2.45, 2.75) is 26.8 Å². The average Bonchev–Trinajstić information content (AvgIpc) is 2.78. The van der Waals surface area contributed by atoms with Crippen LogP contribution in [0.3, 0.4) is 0 Å². The molecule has 0 aromatic heterocycles. The highest BCUT2D eigenvalue weighted by Gasteiger charge is 2.15. The number of benzene rings is 2. The van der Waals surface area contributed by atoms with Crippen LogP contribution in [0.4, 0.5) is 10.1 Å². The molecule has 1 fully saturated rings. The zero-order chi connectivity index (χ0) is 22.1. The van der Waals surface area contributed by atoms with Gasteiger partial charge < -0.3 is 25.0 Å². The molecule has 32 heavy (non-hydrogen) atoms. The van der Waals surface area contributed by atoms with E-state index in [2.05, 4.69) is 28.6 Å². The summed E-state index contributed by atoms with van der Waals surface area (Å²) in [5.41, 5.74) is 3.84. The first-order valence-corrected chi connectivity index (χ1v) is 10.9. The van der Waals surface area contributed by atoms with Crippen molar-refractivity contribution in [2.75, 3.05) is 51.4 Å². The maximum Gasteiger partial charge on any atom is 0.191 e. The van der Waals surface area contributed by atoms with E-state index in [1.807, 2.05) is 36.1 Å². The maximum absolute atomic E-state index is 14.6. The molecule has 1 aliphatic rings. The lowest BCUT2D eigenvalue weighted by molar-refractivity contribution is 0.122. The Morgan fingerprint density at radius 1 is 1.16 bits per heavy atom. The Hall–Kier alpha value is -2.07. The fourth-order valence-corrected chi connectivity index (χ4v) is 3.64. The lowest BCUT2D eigenvalue weighted by atomic mass is 10.1. The number of hydrogen-bond donors (Lipinski definition) is 2. The Kier molecular flexibility index (Phi) is 11.0. The van der Waals surface area contributed by atoms with Crippen molar-refractivity contribution in [3.63, 3.8) is 0 Å². The van der Waals surface area contributed by atoms with Gasteiger partial charge in [0.1, 0.15) is 11.6 Å². The summed E-state index contributed by atoms with van der Waals surface area (Å²) in [6.45, 7) is 8.69. The van der Waals surface area contributed by atoms with Gasteiger partial charge in [0.15, 0.2) is 5.96 Å². The fraction of sp³-hybridized carbons (Fsp3) is 0.458. The first-order valence-electron chi connectivity index (χ1n) is 10.9. The second kappa shape index (κ2) is 13.5. The summed E-state index contributed by atoms with van der Waals surface area (Å²) in [4.78, 5) is 6.65. The SMILES string of the molecule is CCNC(=NCc1ccc(N2CCOCC2)c(F)c1)NCCc1cc(C)ccc1OC.I. The van der Waals surface area contributed by atoms with E-state index in [4.69, 9.17) is 9.47 Å². The molecule has 6 nitrogen and oxygen atoms in total. The molecule has 8 heteroatoms. The Morgan fingerprint density at radius 2 is 1.94 bits per heavy atom. The normalized spacial score (nSPS) is 14.0. The van der Waals surface area contributed by atoms with Gasteiger partial charge in [0.05, 0.1) is 32.6 Å². The Morgan fingerprint density at radius 3 is 2.62 bits per heavy atom. The quantitative estimate of drug-likeness (QED) is 0.294. The minimum atomic E-state index is -0.209. The van der Waals surface area contributed by atoms with Gasteiger partial charge in [-0.05, 0) is 49.6 Å². The van der Waals surface area contributed by atoms with Gasteiger partial charge in [-0.15, -0.1) is 24.0 Å². The average molecular weight is 556 g/mol.